The van der Waals surface area contributed by atoms with Crippen molar-refractivity contribution in [2.24, 2.45) is 35.0 Å². The molecule has 0 unspecified atom stereocenters. The highest BCUT2D eigenvalue weighted by molar-refractivity contribution is 6.47. The monoisotopic (exact) mass is 612 g/mol. The lowest BCUT2D eigenvalue weighted by atomic mass is 9.43. The number of aliphatic hydroxyl groups excluding tert-OH is 1. The molecule has 4 aliphatic rings. The third kappa shape index (κ3) is 7.68. The fraction of sp³-hybridized carbons (Fsp3) is 0.735. The summed E-state index contributed by atoms with van der Waals surface area (Å²) in [5.41, 5.74) is 0.625. The molecule has 5 rings (SSSR count). The Bertz CT molecular complexity index is 1160. The molecule has 1 aromatic rings. The summed E-state index contributed by atoms with van der Waals surface area (Å²) in [6.45, 7) is 16.4. The van der Waals surface area contributed by atoms with Crippen molar-refractivity contribution in [1.29, 1.82) is 0 Å². The molecule has 2 bridgehead atoms. The van der Waals surface area contributed by atoms with E-state index in [0.29, 0.717) is 24.7 Å². The lowest BCUT2D eigenvalue weighted by Crippen LogP contribution is -2.65. The van der Waals surface area contributed by atoms with Gasteiger partial charge in [-0.2, -0.15) is 0 Å². The molecule has 1 aromatic carbocycles. The van der Waals surface area contributed by atoms with Gasteiger partial charge in [-0.15, -0.1) is 0 Å². The quantitative estimate of drug-likeness (QED) is 0.251. The summed E-state index contributed by atoms with van der Waals surface area (Å²) >= 11 is 0. The van der Waals surface area contributed by atoms with Crippen LogP contribution in [0, 0.1) is 35.0 Å². The molecule has 9 nitrogen and oxygen atoms in total. The molecule has 1 saturated heterocycles. The van der Waals surface area contributed by atoms with Gasteiger partial charge in [-0.1, -0.05) is 71.9 Å². The Morgan fingerprint density at radius 2 is 1.66 bits per heavy atom. The zero-order valence-electron chi connectivity index (χ0n) is 27.8. The van der Waals surface area contributed by atoms with E-state index >= 15 is 0 Å². The molecule has 0 aromatic heterocycles. The Kier molecular flexibility index (Phi) is 10.9. The van der Waals surface area contributed by atoms with E-state index in [1.165, 1.54) is 6.92 Å². The highest BCUT2D eigenvalue weighted by Crippen LogP contribution is 2.65. The lowest BCUT2D eigenvalue weighted by Gasteiger charge is -2.64. The van der Waals surface area contributed by atoms with Gasteiger partial charge >= 0.3 is 13.2 Å². The van der Waals surface area contributed by atoms with Crippen LogP contribution in [0.1, 0.15) is 93.1 Å². The number of Topliss-reactive ketones (excluding diaryl/α,β-unsaturated/α-hetero) is 1. The average Bonchev–Trinajstić information content (AvgIpc) is 3.31. The first-order valence-electron chi connectivity index (χ1n) is 16.4. The van der Waals surface area contributed by atoms with Crippen LogP contribution in [0.15, 0.2) is 30.3 Å². The zero-order chi connectivity index (χ0) is 32.4. The number of aliphatic hydroxyl groups is 1. The van der Waals surface area contributed by atoms with Crippen molar-refractivity contribution in [1.82, 2.24) is 10.6 Å². The van der Waals surface area contributed by atoms with Crippen LogP contribution in [0.25, 0.3) is 0 Å². The van der Waals surface area contributed by atoms with Crippen LogP contribution in [0.2, 0.25) is 0 Å². The van der Waals surface area contributed by atoms with Crippen LogP contribution in [0.3, 0.4) is 0 Å². The first-order valence-corrected chi connectivity index (χ1v) is 16.4. The number of ether oxygens (including phenoxy) is 1. The molecule has 10 heteroatoms. The first kappa shape index (κ1) is 34.4. The topological polar surface area (TPSA) is 123 Å². The third-order valence-electron chi connectivity index (χ3n) is 10.3. The molecule has 44 heavy (non-hydrogen) atoms. The van der Waals surface area contributed by atoms with Crippen molar-refractivity contribution in [2.75, 3.05) is 0 Å². The smallest absolute Gasteiger partial charge is 0.445 e. The van der Waals surface area contributed by atoms with Gasteiger partial charge < -0.3 is 29.8 Å². The summed E-state index contributed by atoms with van der Waals surface area (Å²) in [7, 11) is -0.605. The average molecular weight is 613 g/mol. The lowest BCUT2D eigenvalue weighted by molar-refractivity contribution is -0.199. The van der Waals surface area contributed by atoms with Gasteiger partial charge in [0, 0.05) is 6.42 Å². The molecular weight excluding hydrogens is 559 g/mol. The maximum Gasteiger partial charge on any atom is 0.481 e. The van der Waals surface area contributed by atoms with E-state index in [-0.39, 0.29) is 42.2 Å². The number of nitrogens with one attached hydrogen (secondary N) is 2. The number of carbonyl (C=O) groups is 3. The number of amides is 2. The Balaban J connectivity index is 1.41. The van der Waals surface area contributed by atoms with Gasteiger partial charge in [-0.25, -0.2) is 4.79 Å². The van der Waals surface area contributed by atoms with Gasteiger partial charge in [-0.05, 0) is 74.2 Å². The van der Waals surface area contributed by atoms with Crippen molar-refractivity contribution in [3.8, 4) is 0 Å². The molecule has 1 aliphatic heterocycles. The molecule has 0 spiro atoms. The van der Waals surface area contributed by atoms with E-state index in [9.17, 15) is 19.5 Å². The van der Waals surface area contributed by atoms with Gasteiger partial charge in [0.2, 0.25) is 5.91 Å². The Morgan fingerprint density at radius 1 is 1.00 bits per heavy atom. The third-order valence-corrected chi connectivity index (χ3v) is 10.3. The Morgan fingerprint density at radius 3 is 2.25 bits per heavy atom. The van der Waals surface area contributed by atoms with Crippen molar-refractivity contribution in [3.05, 3.63) is 35.9 Å². The SMILES string of the molecule is CC(C)C[C@H](NC(=O)[C@@H](CC(=O)[C@H](CC(C)C)NC(=O)OCc1ccccc1)[C@@H](C)O)B1O[C@@H]2C[C@@H]3C[C@@H](C3(C)C)[C@]2(C)O1. The number of carbonyl (C=O) groups excluding carboxylic acids is 3. The molecule has 3 N–H and O–H groups in total. The number of hydrogen-bond donors (Lipinski definition) is 3. The first-order chi connectivity index (χ1) is 20.6. The molecule has 3 saturated carbocycles. The molecule has 2 amide bonds. The van der Waals surface area contributed by atoms with Crippen LogP contribution in [0.5, 0.6) is 0 Å². The molecular formula is C34H53BN2O7. The molecule has 8 atom stereocenters. The normalized spacial score (nSPS) is 28.0. The summed E-state index contributed by atoms with van der Waals surface area (Å²) in [6.07, 6.45) is 1.06. The molecule has 1 heterocycles. The van der Waals surface area contributed by atoms with E-state index in [1.54, 1.807) is 0 Å². The number of ketones is 1. The van der Waals surface area contributed by atoms with Gasteiger partial charge in [0.1, 0.15) is 6.61 Å². The predicted molar refractivity (Wildman–Crippen MR) is 169 cm³/mol. The van der Waals surface area contributed by atoms with Crippen LogP contribution in [-0.2, 0) is 30.2 Å². The van der Waals surface area contributed by atoms with Gasteiger partial charge in [0.25, 0.3) is 0 Å². The highest BCUT2D eigenvalue weighted by Gasteiger charge is 2.68. The maximum atomic E-state index is 13.7. The maximum absolute atomic E-state index is 13.7. The summed E-state index contributed by atoms with van der Waals surface area (Å²) < 4.78 is 18.5. The van der Waals surface area contributed by atoms with Gasteiger partial charge in [0.05, 0.1) is 35.7 Å². The van der Waals surface area contributed by atoms with E-state index in [2.05, 4.69) is 45.3 Å². The van der Waals surface area contributed by atoms with Crippen molar-refractivity contribution < 1.29 is 33.5 Å². The van der Waals surface area contributed by atoms with Crippen LogP contribution in [0.4, 0.5) is 4.79 Å². The second kappa shape index (κ2) is 13.9. The van der Waals surface area contributed by atoms with Crippen LogP contribution in [-0.4, -0.2) is 59.8 Å². The minimum Gasteiger partial charge on any atom is -0.445 e. The van der Waals surface area contributed by atoms with E-state index in [4.69, 9.17) is 14.0 Å². The molecule has 4 fully saturated rings. The van der Waals surface area contributed by atoms with E-state index in [0.717, 1.165) is 18.4 Å². The molecule has 3 aliphatic carbocycles. The van der Waals surface area contributed by atoms with Gasteiger partial charge in [0.15, 0.2) is 5.78 Å². The summed E-state index contributed by atoms with van der Waals surface area (Å²) in [5.74, 6) is -0.825. The van der Waals surface area contributed by atoms with Crippen molar-refractivity contribution in [3.63, 3.8) is 0 Å². The number of rotatable bonds is 14. The van der Waals surface area contributed by atoms with Crippen LogP contribution < -0.4 is 10.6 Å². The largest absolute Gasteiger partial charge is 0.481 e. The molecule has 0 radical (unpaired) electrons. The zero-order valence-corrected chi connectivity index (χ0v) is 27.8. The van der Waals surface area contributed by atoms with E-state index < -0.39 is 48.7 Å². The second-order valence-electron chi connectivity index (χ2n) is 15.0. The standard InChI is InChI=1S/C34H53BN2O7/c1-20(2)14-26(36-32(41)42-19-23-12-10-9-11-13-23)27(39)18-25(22(5)38)31(40)37-30(15-21(3)4)35-43-29-17-24-16-28(33(24,6)7)34(29,8)44-35/h9-13,20-22,24-26,28-30,38H,14-19H2,1-8H3,(H,36,41)(H,37,40)/t22-,24+,25+,26+,28+,29-,30+,34+/m1/s1. The molecule has 244 valence electrons. The van der Waals surface area contributed by atoms with E-state index in [1.807, 2.05) is 44.2 Å². The highest BCUT2D eigenvalue weighted by atomic mass is 16.7. The van der Waals surface area contributed by atoms with Crippen molar-refractivity contribution >= 4 is 24.9 Å². The minimum atomic E-state index is -1.08. The number of hydrogen-bond acceptors (Lipinski definition) is 7. The Labute approximate surface area is 263 Å². The second-order valence-corrected chi connectivity index (χ2v) is 15.0. The summed E-state index contributed by atoms with van der Waals surface area (Å²) in [5, 5.41) is 16.5. The van der Waals surface area contributed by atoms with Crippen molar-refractivity contribution in [2.45, 2.75) is 124 Å². The Hall–Kier alpha value is -2.43. The number of benzene rings is 1. The minimum absolute atomic E-state index is 0.0190. The summed E-state index contributed by atoms with van der Waals surface area (Å²) in [4.78, 5) is 39.9. The fourth-order valence-corrected chi connectivity index (χ4v) is 7.60. The number of alkyl carbamates (subject to hydrolysis) is 1. The summed E-state index contributed by atoms with van der Waals surface area (Å²) in [6, 6.07) is 8.44. The fourth-order valence-electron chi connectivity index (χ4n) is 7.60. The predicted octanol–water partition coefficient (Wildman–Crippen LogP) is 5.08. The van der Waals surface area contributed by atoms with Crippen LogP contribution >= 0.6 is 0 Å². The van der Waals surface area contributed by atoms with Gasteiger partial charge in [-0.3, -0.25) is 9.59 Å².